The molecule has 0 radical (unpaired) electrons. The van der Waals surface area contributed by atoms with Gasteiger partial charge < -0.3 is 33.9 Å². The number of halogens is 3. The number of hydrogen-bond donors (Lipinski definition) is 2. The van der Waals surface area contributed by atoms with E-state index in [4.69, 9.17) is 14.1 Å². The van der Waals surface area contributed by atoms with Crippen molar-refractivity contribution in [2.24, 2.45) is 0 Å². The van der Waals surface area contributed by atoms with Crippen LogP contribution >= 0.6 is 0 Å². The monoisotopic (exact) mass is 494 g/mol. The van der Waals surface area contributed by atoms with E-state index >= 15 is 0 Å². The molecular weight excluding hydrogens is 476 g/mol. The van der Waals surface area contributed by atoms with Crippen LogP contribution in [-0.4, -0.2) is 49.8 Å². The maximum absolute atomic E-state index is 12.6. The normalized spacial score (nSPS) is 14.3. The second-order valence-electron chi connectivity index (χ2n) is 7.44. The number of carbonyl (C=O) groups excluding carboxylic acids is 2. The van der Waals surface area contributed by atoms with E-state index in [0.29, 0.717) is 5.56 Å². The van der Waals surface area contributed by atoms with Gasteiger partial charge in [-0.25, -0.2) is 4.79 Å². The van der Waals surface area contributed by atoms with Gasteiger partial charge in [0, 0.05) is 11.0 Å². The fourth-order valence-electron chi connectivity index (χ4n) is 3.06. The van der Waals surface area contributed by atoms with Crippen molar-refractivity contribution < 1.29 is 51.4 Å². The summed E-state index contributed by atoms with van der Waals surface area (Å²) in [5, 5.41) is 22.1. The zero-order valence-electron chi connectivity index (χ0n) is 18.3. The molecule has 2 N–H and O–H groups in total. The van der Waals surface area contributed by atoms with Gasteiger partial charge in [0.15, 0.2) is 17.0 Å². The molecule has 1 amide bonds. The van der Waals surface area contributed by atoms with Gasteiger partial charge in [0.2, 0.25) is 0 Å². The van der Waals surface area contributed by atoms with Crippen molar-refractivity contribution in [3.63, 3.8) is 0 Å². The van der Waals surface area contributed by atoms with E-state index in [1.807, 2.05) is 6.07 Å². The van der Waals surface area contributed by atoms with Crippen molar-refractivity contribution in [3.05, 3.63) is 47.5 Å². The van der Waals surface area contributed by atoms with E-state index in [9.17, 15) is 33.0 Å². The summed E-state index contributed by atoms with van der Waals surface area (Å²) in [4.78, 5) is 24.3. The molecule has 2 aromatic rings. The van der Waals surface area contributed by atoms with Gasteiger partial charge in [0.05, 0.1) is 19.8 Å². The van der Waals surface area contributed by atoms with Gasteiger partial charge in [-0.05, 0) is 42.8 Å². The molecule has 0 spiro atoms. The van der Waals surface area contributed by atoms with Gasteiger partial charge in [-0.1, -0.05) is 6.07 Å². The van der Waals surface area contributed by atoms with Crippen LogP contribution in [0.5, 0.6) is 17.2 Å². The summed E-state index contributed by atoms with van der Waals surface area (Å²) < 4.78 is 61.0. The molecule has 1 aliphatic rings. The summed E-state index contributed by atoms with van der Waals surface area (Å²) in [7, 11) is -0.303. The molecular formula is C21H18BF3N2O8. The first kappa shape index (κ1) is 25.7. The first-order valence-corrected chi connectivity index (χ1v) is 9.88. The molecule has 1 heterocycles. The minimum absolute atomic E-state index is 0.0338. The lowest BCUT2D eigenvalue weighted by molar-refractivity contribution is -0.274. The highest BCUT2D eigenvalue weighted by molar-refractivity contribution is 6.62. The second-order valence-corrected chi connectivity index (χ2v) is 7.44. The van der Waals surface area contributed by atoms with Gasteiger partial charge in [-0.3, -0.25) is 4.79 Å². The van der Waals surface area contributed by atoms with Crippen molar-refractivity contribution in [3.8, 4) is 23.3 Å². The van der Waals surface area contributed by atoms with Gasteiger partial charge in [-0.2, -0.15) is 5.26 Å². The predicted molar refractivity (Wildman–Crippen MR) is 112 cm³/mol. The van der Waals surface area contributed by atoms with Gasteiger partial charge in [0.25, 0.3) is 5.91 Å². The third kappa shape index (κ3) is 6.34. The smallest absolute Gasteiger partial charge is 0.486 e. The lowest BCUT2D eigenvalue weighted by Crippen LogP contribution is -2.49. The molecule has 1 atom stereocenters. The molecule has 0 bridgehead atoms. The molecule has 1 unspecified atom stereocenters. The number of carbonyl (C=O) groups is 2. The quantitative estimate of drug-likeness (QED) is 0.337. The zero-order chi connectivity index (χ0) is 25.8. The van der Waals surface area contributed by atoms with Crippen molar-refractivity contribution in [1.82, 2.24) is 5.32 Å². The van der Waals surface area contributed by atoms with Crippen molar-refractivity contribution in [2.45, 2.75) is 25.4 Å². The van der Waals surface area contributed by atoms with Crippen LogP contribution in [0.15, 0.2) is 36.4 Å². The Kier molecular flexibility index (Phi) is 7.42. The Morgan fingerprint density at radius 1 is 1.23 bits per heavy atom. The summed E-state index contributed by atoms with van der Waals surface area (Å²) in [5.41, 5.74) is -0.960. The van der Waals surface area contributed by atoms with E-state index in [-0.39, 0.29) is 29.1 Å². The maximum Gasteiger partial charge on any atom is 0.573 e. The van der Waals surface area contributed by atoms with Gasteiger partial charge in [0.1, 0.15) is 12.4 Å². The summed E-state index contributed by atoms with van der Waals surface area (Å²) in [6, 6.07) is 8.99. The summed E-state index contributed by atoms with van der Waals surface area (Å²) in [6.45, 7) is 0.975. The first-order chi connectivity index (χ1) is 16.4. The average molecular weight is 494 g/mol. The van der Waals surface area contributed by atoms with E-state index in [0.717, 1.165) is 31.4 Å². The van der Waals surface area contributed by atoms with E-state index in [1.54, 1.807) is 6.07 Å². The molecule has 14 heteroatoms. The topological polar surface area (TPSA) is 136 Å². The Hall–Kier alpha value is -3.96. The molecule has 0 aliphatic carbocycles. The van der Waals surface area contributed by atoms with Crippen LogP contribution in [0.4, 0.5) is 18.0 Å². The highest BCUT2D eigenvalue weighted by atomic mass is 19.4. The summed E-state index contributed by atoms with van der Waals surface area (Å²) in [6.07, 6.45) is -5.96. The van der Waals surface area contributed by atoms with Gasteiger partial charge in [-0.15, -0.1) is 13.2 Å². The Morgan fingerprint density at radius 2 is 1.91 bits per heavy atom. The number of alkyl halides is 3. The largest absolute Gasteiger partial charge is 0.573 e. The number of amides is 1. The Morgan fingerprint density at radius 3 is 2.51 bits per heavy atom. The standard InChI is InChI=1S/C21H18BF3N2O8/c1-20(10-26,27-18(28)12-3-6-14(7-4-12)35-21(23,24)25)11-32-15-8-5-13-9-33-22(30)16(13)17(15)34-19(29)31-2/h3-8,30H,9,11H2,1-2H3,(H,27,28). The second kappa shape index (κ2) is 10.1. The highest BCUT2D eigenvalue weighted by Crippen LogP contribution is 2.31. The Labute approximate surface area is 197 Å². The minimum Gasteiger partial charge on any atom is -0.486 e. The number of benzene rings is 2. The van der Waals surface area contributed by atoms with Crippen molar-refractivity contribution in [2.75, 3.05) is 13.7 Å². The van der Waals surface area contributed by atoms with Crippen LogP contribution in [0.2, 0.25) is 0 Å². The average Bonchev–Trinajstić information content (AvgIpc) is 3.18. The molecule has 0 fully saturated rings. The molecule has 0 aromatic heterocycles. The number of hydrogen-bond acceptors (Lipinski definition) is 9. The number of methoxy groups -OCH3 is 1. The Bertz CT molecular complexity index is 1150. The van der Waals surface area contributed by atoms with Crippen LogP contribution < -0.4 is 25.0 Å². The van der Waals surface area contributed by atoms with E-state index in [2.05, 4.69) is 14.8 Å². The zero-order valence-corrected chi connectivity index (χ0v) is 18.3. The van der Waals surface area contributed by atoms with Crippen LogP contribution in [0.25, 0.3) is 0 Å². The molecule has 3 rings (SSSR count). The Balaban J connectivity index is 1.75. The molecule has 0 saturated carbocycles. The fourth-order valence-corrected chi connectivity index (χ4v) is 3.06. The third-order valence-corrected chi connectivity index (χ3v) is 4.75. The van der Waals surface area contributed by atoms with Gasteiger partial charge >= 0.3 is 19.6 Å². The molecule has 2 aromatic carbocycles. The lowest BCUT2D eigenvalue weighted by atomic mass is 9.78. The van der Waals surface area contributed by atoms with E-state index in [1.165, 1.54) is 13.0 Å². The van der Waals surface area contributed by atoms with Crippen molar-refractivity contribution in [1.29, 1.82) is 5.26 Å². The molecule has 10 nitrogen and oxygen atoms in total. The minimum atomic E-state index is -4.88. The SMILES string of the molecule is COC(=O)Oc1c(OCC(C)(C#N)NC(=O)c2ccc(OC(F)(F)F)cc2)ccc2c1B(O)OC2. The first-order valence-electron chi connectivity index (χ1n) is 9.88. The number of ether oxygens (including phenoxy) is 4. The predicted octanol–water partition coefficient (Wildman–Crippen LogP) is 2.04. The highest BCUT2D eigenvalue weighted by Gasteiger charge is 2.36. The van der Waals surface area contributed by atoms with Crippen LogP contribution in [0.1, 0.15) is 22.8 Å². The number of fused-ring (bicyclic) bond motifs is 1. The molecule has 0 saturated heterocycles. The number of rotatable bonds is 7. The van der Waals surface area contributed by atoms with Crippen LogP contribution in [-0.2, 0) is 16.0 Å². The number of nitrogens with zero attached hydrogens (tertiary/aromatic N) is 1. The van der Waals surface area contributed by atoms with Crippen molar-refractivity contribution >= 4 is 24.6 Å². The molecule has 1 aliphatic heterocycles. The number of nitrogens with one attached hydrogen (secondary N) is 1. The number of nitriles is 1. The van der Waals surface area contributed by atoms with Crippen LogP contribution in [0.3, 0.4) is 0 Å². The molecule has 35 heavy (non-hydrogen) atoms. The summed E-state index contributed by atoms with van der Waals surface area (Å²) in [5.74, 6) is -1.49. The summed E-state index contributed by atoms with van der Waals surface area (Å²) >= 11 is 0. The third-order valence-electron chi connectivity index (χ3n) is 4.75. The fraction of sp³-hybridized carbons (Fsp3) is 0.286. The van der Waals surface area contributed by atoms with E-state index < -0.39 is 43.4 Å². The lowest BCUT2D eigenvalue weighted by Gasteiger charge is -2.24. The maximum atomic E-state index is 12.6. The molecule has 184 valence electrons. The van der Waals surface area contributed by atoms with Crippen LogP contribution in [0, 0.1) is 11.3 Å².